The van der Waals surface area contributed by atoms with Gasteiger partial charge in [-0.1, -0.05) is 26.2 Å². The van der Waals surface area contributed by atoms with E-state index in [4.69, 9.17) is 0 Å². The Hall–Kier alpha value is -2.53. The van der Waals surface area contributed by atoms with Crippen LogP contribution in [0.25, 0.3) is 10.6 Å². The summed E-state index contributed by atoms with van der Waals surface area (Å²) in [6, 6.07) is 3.03. The van der Waals surface area contributed by atoms with E-state index in [1.807, 2.05) is 12.3 Å². The standard InChI is InChI=1S/C22H24F3N5OS2/c1-3-17-27-13(2)18(33-17)15-12-32-20(28-15)29-16-8-7-14(11-26-16)19(31)30-21(22(23,24)25)9-5-4-6-10-21/h7-8,11-12H,3-6,9-10H2,1-2H3,(H,30,31)(H,26,28,29). The number of anilines is 2. The number of hydrogen-bond acceptors (Lipinski definition) is 7. The van der Waals surface area contributed by atoms with E-state index >= 15 is 0 Å². The molecule has 4 rings (SSSR count). The van der Waals surface area contributed by atoms with Gasteiger partial charge in [0.05, 0.1) is 26.8 Å². The van der Waals surface area contributed by atoms with Gasteiger partial charge in [0.15, 0.2) is 5.13 Å². The van der Waals surface area contributed by atoms with Crippen LogP contribution < -0.4 is 10.6 Å². The van der Waals surface area contributed by atoms with Gasteiger partial charge >= 0.3 is 6.18 Å². The molecular formula is C22H24F3N5OS2. The maximum absolute atomic E-state index is 13.7. The predicted molar refractivity (Wildman–Crippen MR) is 124 cm³/mol. The summed E-state index contributed by atoms with van der Waals surface area (Å²) in [5.74, 6) is -0.317. The van der Waals surface area contributed by atoms with Crippen LogP contribution in [-0.4, -0.2) is 32.6 Å². The molecule has 176 valence electrons. The Balaban J connectivity index is 1.44. The van der Waals surface area contributed by atoms with Crippen LogP contribution in [0.3, 0.4) is 0 Å². The molecule has 0 atom stereocenters. The molecule has 0 bridgehead atoms. The fourth-order valence-corrected chi connectivity index (χ4v) is 5.66. The molecule has 1 saturated carbocycles. The smallest absolute Gasteiger partial charge is 0.338 e. The van der Waals surface area contributed by atoms with Crippen LogP contribution in [0.2, 0.25) is 0 Å². The number of hydrogen-bond donors (Lipinski definition) is 2. The molecule has 1 amide bonds. The Morgan fingerprint density at radius 3 is 2.55 bits per heavy atom. The molecule has 0 radical (unpaired) electrons. The fraction of sp³-hybridized carbons (Fsp3) is 0.455. The highest BCUT2D eigenvalue weighted by Gasteiger charge is 2.55. The highest BCUT2D eigenvalue weighted by Crippen LogP contribution is 2.41. The molecule has 3 aromatic rings. The Labute approximate surface area is 197 Å². The third kappa shape index (κ3) is 5.03. The van der Waals surface area contributed by atoms with E-state index in [9.17, 15) is 18.0 Å². The molecule has 1 fully saturated rings. The first-order chi connectivity index (χ1) is 15.7. The van der Waals surface area contributed by atoms with Gasteiger partial charge in [-0.25, -0.2) is 15.0 Å². The summed E-state index contributed by atoms with van der Waals surface area (Å²) < 4.78 is 41.1. The van der Waals surface area contributed by atoms with Gasteiger partial charge in [-0.05, 0) is 38.3 Å². The lowest BCUT2D eigenvalue weighted by atomic mass is 9.81. The molecule has 1 aliphatic rings. The molecule has 33 heavy (non-hydrogen) atoms. The molecule has 3 aromatic heterocycles. The van der Waals surface area contributed by atoms with Crippen LogP contribution in [-0.2, 0) is 6.42 Å². The predicted octanol–water partition coefficient (Wildman–Crippen LogP) is 6.27. The molecule has 0 spiro atoms. The van der Waals surface area contributed by atoms with E-state index in [-0.39, 0.29) is 18.4 Å². The summed E-state index contributed by atoms with van der Waals surface area (Å²) in [6.07, 6.45) is -0.906. The van der Waals surface area contributed by atoms with Crippen molar-refractivity contribution >= 4 is 39.5 Å². The van der Waals surface area contributed by atoms with Crippen molar-refractivity contribution in [3.05, 3.63) is 40.0 Å². The average Bonchev–Trinajstić information content (AvgIpc) is 3.40. The summed E-state index contributed by atoms with van der Waals surface area (Å²) in [4.78, 5) is 26.9. The minimum absolute atomic E-state index is 0.0851. The van der Waals surface area contributed by atoms with E-state index in [1.54, 1.807) is 17.4 Å². The quantitative estimate of drug-likeness (QED) is 0.421. The molecule has 0 saturated heterocycles. The summed E-state index contributed by atoms with van der Waals surface area (Å²) >= 11 is 3.03. The number of carbonyl (C=O) groups is 1. The first kappa shape index (κ1) is 23.6. The fourth-order valence-electron chi connectivity index (χ4n) is 3.91. The summed E-state index contributed by atoms with van der Waals surface area (Å²) in [5, 5.41) is 8.95. The van der Waals surface area contributed by atoms with E-state index in [0.29, 0.717) is 23.8 Å². The first-order valence-corrected chi connectivity index (χ1v) is 12.4. The number of nitrogens with one attached hydrogen (secondary N) is 2. The third-order valence-electron chi connectivity index (χ3n) is 5.74. The highest BCUT2D eigenvalue weighted by molar-refractivity contribution is 7.16. The van der Waals surface area contributed by atoms with Gasteiger partial charge in [-0.2, -0.15) is 13.2 Å². The van der Waals surface area contributed by atoms with Crippen LogP contribution in [0.1, 0.15) is 60.1 Å². The number of aryl methyl sites for hydroxylation is 2. The second-order valence-corrected chi connectivity index (χ2v) is 10.0. The van der Waals surface area contributed by atoms with Crippen molar-refractivity contribution in [1.82, 2.24) is 20.3 Å². The van der Waals surface area contributed by atoms with Gasteiger partial charge in [-0.3, -0.25) is 4.79 Å². The molecule has 11 heteroatoms. The number of thiazole rings is 2. The number of aromatic nitrogens is 3. The molecule has 3 heterocycles. The topological polar surface area (TPSA) is 79.8 Å². The van der Waals surface area contributed by atoms with E-state index < -0.39 is 17.6 Å². The molecular weight excluding hydrogens is 471 g/mol. The van der Waals surface area contributed by atoms with Crippen LogP contribution >= 0.6 is 22.7 Å². The third-order valence-corrected chi connectivity index (χ3v) is 7.83. The van der Waals surface area contributed by atoms with Crippen molar-refractivity contribution in [2.75, 3.05) is 5.32 Å². The maximum atomic E-state index is 13.7. The van der Waals surface area contributed by atoms with Crippen molar-refractivity contribution in [3.8, 4) is 10.6 Å². The van der Waals surface area contributed by atoms with Crippen molar-refractivity contribution in [2.45, 2.75) is 64.1 Å². The Morgan fingerprint density at radius 2 is 1.94 bits per heavy atom. The summed E-state index contributed by atoms with van der Waals surface area (Å²) in [5.41, 5.74) is -0.306. The van der Waals surface area contributed by atoms with E-state index in [2.05, 4.69) is 32.5 Å². The average molecular weight is 496 g/mol. The van der Waals surface area contributed by atoms with Crippen molar-refractivity contribution in [2.24, 2.45) is 0 Å². The minimum Gasteiger partial charge on any atom is -0.338 e. The maximum Gasteiger partial charge on any atom is 0.411 e. The first-order valence-electron chi connectivity index (χ1n) is 10.8. The summed E-state index contributed by atoms with van der Waals surface area (Å²) in [7, 11) is 0. The Morgan fingerprint density at radius 1 is 1.18 bits per heavy atom. The number of alkyl halides is 3. The van der Waals surface area contributed by atoms with Crippen LogP contribution in [0, 0.1) is 6.92 Å². The number of nitrogens with zero attached hydrogens (tertiary/aromatic N) is 3. The zero-order valence-corrected chi connectivity index (χ0v) is 19.9. The number of amides is 1. The van der Waals surface area contributed by atoms with Crippen LogP contribution in [0.4, 0.5) is 24.1 Å². The van der Waals surface area contributed by atoms with Crippen LogP contribution in [0.5, 0.6) is 0 Å². The zero-order valence-electron chi connectivity index (χ0n) is 18.3. The number of carbonyl (C=O) groups excluding carboxylic acids is 1. The lowest BCUT2D eigenvalue weighted by molar-refractivity contribution is -0.201. The Kier molecular flexibility index (Phi) is 6.71. The number of rotatable bonds is 6. The number of halogens is 3. The minimum atomic E-state index is -4.49. The largest absolute Gasteiger partial charge is 0.411 e. The van der Waals surface area contributed by atoms with Gasteiger partial charge in [0.2, 0.25) is 0 Å². The normalized spacial score (nSPS) is 15.9. The van der Waals surface area contributed by atoms with Gasteiger partial charge in [0, 0.05) is 11.6 Å². The van der Waals surface area contributed by atoms with Gasteiger partial charge in [0.25, 0.3) is 5.91 Å². The summed E-state index contributed by atoms with van der Waals surface area (Å²) in [6.45, 7) is 4.02. The van der Waals surface area contributed by atoms with Crippen LogP contribution in [0.15, 0.2) is 23.7 Å². The number of pyridine rings is 1. The van der Waals surface area contributed by atoms with Crippen molar-refractivity contribution in [3.63, 3.8) is 0 Å². The van der Waals surface area contributed by atoms with Gasteiger partial charge in [-0.15, -0.1) is 22.7 Å². The second-order valence-electron chi connectivity index (χ2n) is 8.07. The molecule has 0 unspecified atom stereocenters. The SMILES string of the molecule is CCc1nc(C)c(-c2csc(Nc3ccc(C(=O)NC4(C(F)(F)F)CCCCC4)cn3)n2)s1. The van der Waals surface area contributed by atoms with Gasteiger partial charge in [0.1, 0.15) is 11.4 Å². The van der Waals surface area contributed by atoms with Gasteiger partial charge < -0.3 is 10.6 Å². The highest BCUT2D eigenvalue weighted by atomic mass is 32.1. The Bertz CT molecular complexity index is 1120. The molecule has 1 aliphatic carbocycles. The molecule has 2 N–H and O–H groups in total. The zero-order chi connectivity index (χ0) is 23.6. The molecule has 6 nitrogen and oxygen atoms in total. The van der Waals surface area contributed by atoms with Crippen molar-refractivity contribution < 1.29 is 18.0 Å². The van der Waals surface area contributed by atoms with E-state index in [1.165, 1.54) is 23.6 Å². The second kappa shape index (κ2) is 9.38. The lowest BCUT2D eigenvalue weighted by Crippen LogP contribution is -2.59. The van der Waals surface area contributed by atoms with E-state index in [0.717, 1.165) is 34.1 Å². The molecule has 0 aromatic carbocycles. The monoisotopic (exact) mass is 495 g/mol. The van der Waals surface area contributed by atoms with Crippen molar-refractivity contribution in [1.29, 1.82) is 0 Å². The lowest BCUT2D eigenvalue weighted by Gasteiger charge is -2.39. The molecule has 0 aliphatic heterocycles.